The van der Waals surface area contributed by atoms with E-state index in [1.165, 1.54) is 11.1 Å². The summed E-state index contributed by atoms with van der Waals surface area (Å²) in [6.07, 6.45) is -0.664. The summed E-state index contributed by atoms with van der Waals surface area (Å²) in [6.45, 7) is 4.12. The molecule has 1 aliphatic rings. The van der Waals surface area contributed by atoms with Crippen molar-refractivity contribution in [2.75, 3.05) is 0 Å². The Morgan fingerprint density at radius 1 is 1.05 bits per heavy atom. The summed E-state index contributed by atoms with van der Waals surface area (Å²) in [4.78, 5) is 12.0. The van der Waals surface area contributed by atoms with Gasteiger partial charge in [0.2, 0.25) is 0 Å². The van der Waals surface area contributed by atoms with Crippen molar-refractivity contribution in [3.63, 3.8) is 0 Å². The number of hydrogen-bond acceptors (Lipinski definition) is 3. The standard InChI is InChI=1S/C17H16O3/c1-11-8-9-13(10-12(11)2)15-16(20-15)17(18)19-14-6-4-3-5-7-14/h3-10,15-16H,1-2H3. The van der Waals surface area contributed by atoms with Crippen LogP contribution >= 0.6 is 0 Å². The van der Waals surface area contributed by atoms with Crippen LogP contribution in [0.25, 0.3) is 0 Å². The summed E-state index contributed by atoms with van der Waals surface area (Å²) in [5.74, 6) is 0.214. The molecule has 1 aliphatic heterocycles. The van der Waals surface area contributed by atoms with Crippen LogP contribution in [-0.2, 0) is 9.53 Å². The number of epoxide rings is 1. The molecule has 2 atom stereocenters. The molecule has 1 fully saturated rings. The Labute approximate surface area is 118 Å². The lowest BCUT2D eigenvalue weighted by atomic mass is 10.0. The molecule has 0 saturated carbocycles. The molecule has 102 valence electrons. The van der Waals surface area contributed by atoms with Crippen LogP contribution in [-0.4, -0.2) is 12.1 Å². The maximum atomic E-state index is 12.0. The van der Waals surface area contributed by atoms with Crippen molar-refractivity contribution in [2.24, 2.45) is 0 Å². The number of rotatable bonds is 3. The Kier molecular flexibility index (Phi) is 3.28. The second-order valence-corrected chi connectivity index (χ2v) is 5.06. The minimum absolute atomic E-state index is 0.175. The van der Waals surface area contributed by atoms with Gasteiger partial charge in [-0.1, -0.05) is 36.4 Å². The summed E-state index contributed by atoms with van der Waals surface area (Å²) >= 11 is 0. The van der Waals surface area contributed by atoms with Gasteiger partial charge >= 0.3 is 5.97 Å². The van der Waals surface area contributed by atoms with Crippen molar-refractivity contribution in [3.8, 4) is 5.75 Å². The minimum atomic E-state index is -0.489. The zero-order valence-corrected chi connectivity index (χ0v) is 11.5. The van der Waals surface area contributed by atoms with Gasteiger partial charge in [0, 0.05) is 0 Å². The summed E-state index contributed by atoms with van der Waals surface area (Å²) < 4.78 is 10.7. The van der Waals surface area contributed by atoms with E-state index in [0.29, 0.717) is 5.75 Å². The fourth-order valence-corrected chi connectivity index (χ4v) is 2.15. The number of benzene rings is 2. The molecule has 0 amide bonds. The van der Waals surface area contributed by atoms with Crippen LogP contribution in [0.3, 0.4) is 0 Å². The number of aryl methyl sites for hydroxylation is 2. The number of ether oxygens (including phenoxy) is 2. The van der Waals surface area contributed by atoms with Crippen molar-refractivity contribution in [1.29, 1.82) is 0 Å². The highest BCUT2D eigenvalue weighted by Gasteiger charge is 2.47. The van der Waals surface area contributed by atoms with Gasteiger partial charge < -0.3 is 9.47 Å². The molecule has 0 bridgehead atoms. The van der Waals surface area contributed by atoms with Crippen molar-refractivity contribution in [1.82, 2.24) is 0 Å². The highest BCUT2D eigenvalue weighted by molar-refractivity contribution is 5.80. The predicted octanol–water partition coefficient (Wildman–Crippen LogP) is 3.35. The minimum Gasteiger partial charge on any atom is -0.425 e. The number of carbonyl (C=O) groups excluding carboxylic acids is 1. The molecular formula is C17H16O3. The van der Waals surface area contributed by atoms with E-state index in [1.54, 1.807) is 12.1 Å². The molecular weight excluding hydrogens is 252 g/mol. The first-order valence-electron chi connectivity index (χ1n) is 6.64. The van der Waals surface area contributed by atoms with Gasteiger partial charge in [0.05, 0.1) is 0 Å². The van der Waals surface area contributed by atoms with Crippen molar-refractivity contribution in [3.05, 3.63) is 65.2 Å². The molecule has 0 spiro atoms. The number of esters is 1. The quantitative estimate of drug-likeness (QED) is 0.487. The van der Waals surface area contributed by atoms with E-state index >= 15 is 0 Å². The van der Waals surface area contributed by atoms with E-state index in [4.69, 9.17) is 9.47 Å². The highest BCUT2D eigenvalue weighted by Crippen LogP contribution is 2.40. The SMILES string of the molecule is Cc1ccc(C2OC2C(=O)Oc2ccccc2)cc1C. The van der Waals surface area contributed by atoms with E-state index in [1.807, 2.05) is 30.3 Å². The molecule has 20 heavy (non-hydrogen) atoms. The summed E-state index contributed by atoms with van der Waals surface area (Å²) in [5, 5.41) is 0. The first-order valence-corrected chi connectivity index (χ1v) is 6.64. The smallest absolute Gasteiger partial charge is 0.343 e. The fraction of sp³-hybridized carbons (Fsp3) is 0.235. The molecule has 0 aromatic heterocycles. The number of hydrogen-bond donors (Lipinski definition) is 0. The van der Waals surface area contributed by atoms with Crippen LogP contribution < -0.4 is 4.74 Å². The summed E-state index contributed by atoms with van der Waals surface area (Å²) in [7, 11) is 0. The molecule has 0 N–H and O–H groups in total. The van der Waals surface area contributed by atoms with Crippen LogP contribution in [0, 0.1) is 13.8 Å². The van der Waals surface area contributed by atoms with Crippen molar-refractivity contribution >= 4 is 5.97 Å². The summed E-state index contributed by atoms with van der Waals surface area (Å²) in [6, 6.07) is 15.2. The molecule has 2 aromatic carbocycles. The zero-order chi connectivity index (χ0) is 14.1. The Morgan fingerprint density at radius 2 is 1.80 bits per heavy atom. The van der Waals surface area contributed by atoms with E-state index in [-0.39, 0.29) is 12.1 Å². The Bertz CT molecular complexity index is 634. The normalized spacial score (nSPS) is 20.5. The monoisotopic (exact) mass is 268 g/mol. The molecule has 0 aliphatic carbocycles. The lowest BCUT2D eigenvalue weighted by Crippen LogP contribution is -2.15. The van der Waals surface area contributed by atoms with Gasteiger partial charge in [-0.2, -0.15) is 0 Å². The van der Waals surface area contributed by atoms with Gasteiger partial charge in [-0.05, 0) is 42.7 Å². The third-order valence-corrected chi connectivity index (χ3v) is 3.55. The zero-order valence-electron chi connectivity index (χ0n) is 11.5. The molecule has 3 nitrogen and oxygen atoms in total. The van der Waals surface area contributed by atoms with Gasteiger partial charge in [-0.3, -0.25) is 0 Å². The van der Waals surface area contributed by atoms with Crippen LogP contribution in [0.15, 0.2) is 48.5 Å². The Morgan fingerprint density at radius 3 is 2.50 bits per heavy atom. The van der Waals surface area contributed by atoms with Gasteiger partial charge in [0.15, 0.2) is 6.10 Å². The van der Waals surface area contributed by atoms with Crippen LogP contribution in [0.5, 0.6) is 5.75 Å². The third-order valence-electron chi connectivity index (χ3n) is 3.55. The molecule has 2 aromatic rings. The third kappa shape index (κ3) is 2.58. The van der Waals surface area contributed by atoms with Gasteiger partial charge in [-0.15, -0.1) is 0 Å². The van der Waals surface area contributed by atoms with E-state index in [2.05, 4.69) is 19.9 Å². The second-order valence-electron chi connectivity index (χ2n) is 5.06. The van der Waals surface area contributed by atoms with Crippen LogP contribution in [0.1, 0.15) is 22.8 Å². The first-order chi connectivity index (χ1) is 9.65. The van der Waals surface area contributed by atoms with E-state index in [9.17, 15) is 4.79 Å². The summed E-state index contributed by atoms with van der Waals surface area (Å²) in [5.41, 5.74) is 3.47. The molecule has 1 saturated heterocycles. The topological polar surface area (TPSA) is 38.8 Å². The van der Waals surface area contributed by atoms with Crippen molar-refractivity contribution in [2.45, 2.75) is 26.1 Å². The average Bonchev–Trinajstić information content (AvgIpc) is 3.23. The molecule has 3 rings (SSSR count). The van der Waals surface area contributed by atoms with E-state index < -0.39 is 6.10 Å². The van der Waals surface area contributed by atoms with Gasteiger partial charge in [-0.25, -0.2) is 4.79 Å². The predicted molar refractivity (Wildman–Crippen MR) is 75.6 cm³/mol. The molecule has 1 heterocycles. The number of carbonyl (C=O) groups is 1. The molecule has 3 heteroatoms. The lowest BCUT2D eigenvalue weighted by Gasteiger charge is -2.03. The number of para-hydroxylation sites is 1. The second kappa shape index (κ2) is 5.10. The largest absolute Gasteiger partial charge is 0.425 e. The molecule has 2 unspecified atom stereocenters. The average molecular weight is 268 g/mol. The molecule has 0 radical (unpaired) electrons. The van der Waals surface area contributed by atoms with Gasteiger partial charge in [0.1, 0.15) is 11.9 Å². The van der Waals surface area contributed by atoms with E-state index in [0.717, 1.165) is 5.56 Å². The Balaban J connectivity index is 1.66. The van der Waals surface area contributed by atoms with Crippen LogP contribution in [0.2, 0.25) is 0 Å². The van der Waals surface area contributed by atoms with Crippen LogP contribution in [0.4, 0.5) is 0 Å². The fourth-order valence-electron chi connectivity index (χ4n) is 2.15. The maximum Gasteiger partial charge on any atom is 0.343 e. The highest BCUT2D eigenvalue weighted by atomic mass is 16.6. The Hall–Kier alpha value is -2.13. The van der Waals surface area contributed by atoms with Crippen molar-refractivity contribution < 1.29 is 14.3 Å². The lowest BCUT2D eigenvalue weighted by molar-refractivity contribution is -0.135. The maximum absolute atomic E-state index is 12.0. The first kappa shape index (κ1) is 12.9. The van der Waals surface area contributed by atoms with Gasteiger partial charge in [0.25, 0.3) is 0 Å².